The molecule has 0 fully saturated rings. The fraction of sp³-hybridized carbons (Fsp3) is 0.0800. The van der Waals surface area contributed by atoms with Gasteiger partial charge in [-0.1, -0.05) is 48.6 Å². The maximum atomic E-state index is 9.03. The molecule has 0 saturated heterocycles. The molecule has 3 aromatic carbocycles. The molecule has 0 aliphatic rings. The first-order valence-electron chi connectivity index (χ1n) is 10.1. The number of aliphatic hydroxyl groups is 1. The predicted molar refractivity (Wildman–Crippen MR) is 124 cm³/mol. The lowest BCUT2D eigenvalue weighted by molar-refractivity contribution is 0.343. The molecule has 0 spiro atoms. The van der Waals surface area contributed by atoms with Crippen molar-refractivity contribution in [1.82, 2.24) is 19.7 Å². The van der Waals surface area contributed by atoms with Crippen molar-refractivity contribution in [1.29, 1.82) is 0 Å². The van der Waals surface area contributed by atoms with E-state index in [1.807, 2.05) is 59.4 Å². The summed E-state index contributed by atoms with van der Waals surface area (Å²) in [6.07, 6.45) is 7.03. The third-order valence-corrected chi connectivity index (χ3v) is 5.15. The third kappa shape index (κ3) is 4.01. The lowest BCUT2D eigenvalue weighted by atomic mass is 10.1. The van der Waals surface area contributed by atoms with Crippen molar-refractivity contribution in [3.8, 4) is 0 Å². The lowest BCUT2D eigenvalue weighted by Crippen LogP contribution is -2.01. The number of fused-ring (bicyclic) bond motifs is 2. The Bertz CT molecular complexity index is 1380. The summed E-state index contributed by atoms with van der Waals surface area (Å²) >= 11 is 0. The fourth-order valence-corrected chi connectivity index (χ4v) is 3.65. The second kappa shape index (κ2) is 8.38. The molecule has 2 aromatic heterocycles. The second-order valence-corrected chi connectivity index (χ2v) is 7.27. The molecule has 5 aromatic rings. The van der Waals surface area contributed by atoms with Gasteiger partial charge in [0.2, 0.25) is 0 Å². The van der Waals surface area contributed by atoms with Crippen LogP contribution in [0.15, 0.2) is 85.3 Å². The normalized spacial score (nSPS) is 11.5. The van der Waals surface area contributed by atoms with Crippen LogP contribution in [0.5, 0.6) is 0 Å². The Balaban J connectivity index is 1.45. The fourth-order valence-electron chi connectivity index (χ4n) is 3.65. The highest BCUT2D eigenvalue weighted by atomic mass is 16.2. The zero-order valence-corrected chi connectivity index (χ0v) is 16.8. The lowest BCUT2D eigenvalue weighted by Gasteiger charge is -2.10. The van der Waals surface area contributed by atoms with Crippen molar-refractivity contribution in [2.45, 2.75) is 6.54 Å². The van der Waals surface area contributed by atoms with Gasteiger partial charge in [0.25, 0.3) is 0 Å². The summed E-state index contributed by atoms with van der Waals surface area (Å²) in [5.74, 6) is 0.736. The minimum atomic E-state index is 0.00635. The first kappa shape index (κ1) is 19.0. The SMILES string of the molecule is OC/C=C/c1ccc2ncnc(Nc3ccc4c(cnn4Cc4ccccc4)c3)c2c1. The van der Waals surface area contributed by atoms with Crippen molar-refractivity contribution >= 4 is 39.4 Å². The van der Waals surface area contributed by atoms with Gasteiger partial charge in [-0.2, -0.15) is 5.10 Å². The van der Waals surface area contributed by atoms with Crippen molar-refractivity contribution in [3.63, 3.8) is 0 Å². The topological polar surface area (TPSA) is 75.9 Å². The Labute approximate surface area is 179 Å². The maximum absolute atomic E-state index is 9.03. The zero-order chi connectivity index (χ0) is 21.0. The number of hydrogen-bond donors (Lipinski definition) is 2. The van der Waals surface area contributed by atoms with Crippen molar-refractivity contribution in [2.75, 3.05) is 11.9 Å². The molecule has 0 saturated carbocycles. The van der Waals surface area contributed by atoms with Crippen LogP contribution >= 0.6 is 0 Å². The number of anilines is 2. The molecule has 0 bridgehead atoms. The van der Waals surface area contributed by atoms with E-state index >= 15 is 0 Å². The molecule has 6 heteroatoms. The Morgan fingerprint density at radius 2 is 1.87 bits per heavy atom. The smallest absolute Gasteiger partial charge is 0.141 e. The van der Waals surface area contributed by atoms with Crippen molar-refractivity contribution < 1.29 is 5.11 Å². The Hall–Kier alpha value is -4.03. The highest BCUT2D eigenvalue weighted by Crippen LogP contribution is 2.27. The molecule has 0 unspecified atom stereocenters. The van der Waals surface area contributed by atoms with E-state index in [2.05, 4.69) is 44.6 Å². The van der Waals surface area contributed by atoms with Crippen LogP contribution in [0.1, 0.15) is 11.1 Å². The third-order valence-electron chi connectivity index (χ3n) is 5.15. The molecular formula is C25H21N5O. The quantitative estimate of drug-likeness (QED) is 0.424. The average molecular weight is 407 g/mol. The van der Waals surface area contributed by atoms with E-state index in [1.165, 1.54) is 5.56 Å². The zero-order valence-electron chi connectivity index (χ0n) is 16.8. The van der Waals surface area contributed by atoms with E-state index in [-0.39, 0.29) is 6.61 Å². The van der Waals surface area contributed by atoms with Crippen LogP contribution in [-0.4, -0.2) is 31.5 Å². The molecule has 0 amide bonds. The summed E-state index contributed by atoms with van der Waals surface area (Å²) in [7, 11) is 0. The molecule has 0 radical (unpaired) electrons. The number of rotatable bonds is 6. The van der Waals surface area contributed by atoms with E-state index in [1.54, 1.807) is 12.4 Å². The van der Waals surface area contributed by atoms with Gasteiger partial charge in [-0.15, -0.1) is 0 Å². The summed E-state index contributed by atoms with van der Waals surface area (Å²) in [5.41, 5.74) is 5.07. The molecular weight excluding hydrogens is 386 g/mol. The largest absolute Gasteiger partial charge is 0.392 e. The van der Waals surface area contributed by atoms with Crippen LogP contribution in [0, 0.1) is 0 Å². The minimum absolute atomic E-state index is 0.00635. The van der Waals surface area contributed by atoms with Crippen LogP contribution in [0.3, 0.4) is 0 Å². The van der Waals surface area contributed by atoms with Crippen LogP contribution in [0.4, 0.5) is 11.5 Å². The maximum Gasteiger partial charge on any atom is 0.141 e. The Morgan fingerprint density at radius 3 is 2.74 bits per heavy atom. The number of aliphatic hydroxyl groups excluding tert-OH is 1. The van der Waals surface area contributed by atoms with Crippen LogP contribution in [0.2, 0.25) is 0 Å². The number of aromatic nitrogens is 4. The van der Waals surface area contributed by atoms with Crippen molar-refractivity contribution in [2.24, 2.45) is 0 Å². The molecule has 2 N–H and O–H groups in total. The summed E-state index contributed by atoms with van der Waals surface area (Å²) < 4.78 is 2.01. The summed E-state index contributed by atoms with van der Waals surface area (Å²) in [4.78, 5) is 8.81. The molecule has 0 atom stereocenters. The van der Waals surface area contributed by atoms with E-state index in [9.17, 15) is 0 Å². The number of nitrogens with zero attached hydrogens (tertiary/aromatic N) is 4. The van der Waals surface area contributed by atoms with Gasteiger partial charge in [0, 0.05) is 16.5 Å². The van der Waals surface area contributed by atoms with Gasteiger partial charge in [-0.05, 0) is 41.5 Å². The van der Waals surface area contributed by atoms with Gasteiger partial charge in [0.05, 0.1) is 30.4 Å². The number of nitrogens with one attached hydrogen (secondary N) is 1. The average Bonchev–Trinajstić information content (AvgIpc) is 3.20. The second-order valence-electron chi connectivity index (χ2n) is 7.27. The molecule has 152 valence electrons. The molecule has 5 rings (SSSR count). The van der Waals surface area contributed by atoms with Gasteiger partial charge >= 0.3 is 0 Å². The monoisotopic (exact) mass is 407 g/mol. The van der Waals surface area contributed by atoms with E-state index in [0.717, 1.165) is 45.4 Å². The van der Waals surface area contributed by atoms with Crippen LogP contribution in [-0.2, 0) is 6.54 Å². The standard InChI is InChI=1S/C25H21N5O/c31-12-4-7-18-8-10-23-22(13-18)25(27-17-26-23)29-21-9-11-24-20(14-21)15-28-30(24)16-19-5-2-1-3-6-19/h1-11,13-15,17,31H,12,16H2,(H,26,27,29)/b7-4+. The first-order valence-corrected chi connectivity index (χ1v) is 10.1. The van der Waals surface area contributed by atoms with E-state index in [0.29, 0.717) is 0 Å². The van der Waals surface area contributed by atoms with Crippen LogP contribution < -0.4 is 5.32 Å². The molecule has 0 aliphatic heterocycles. The van der Waals surface area contributed by atoms with Gasteiger partial charge in [0.1, 0.15) is 12.1 Å². The summed E-state index contributed by atoms with van der Waals surface area (Å²) in [5, 5.41) is 19.0. The molecule has 2 heterocycles. The van der Waals surface area contributed by atoms with Gasteiger partial charge in [0.15, 0.2) is 0 Å². The first-order chi connectivity index (χ1) is 15.3. The highest BCUT2D eigenvalue weighted by molar-refractivity contribution is 5.93. The Kier molecular flexibility index (Phi) is 5.12. The van der Waals surface area contributed by atoms with Gasteiger partial charge in [-0.3, -0.25) is 4.68 Å². The van der Waals surface area contributed by atoms with Crippen LogP contribution in [0.25, 0.3) is 27.9 Å². The van der Waals surface area contributed by atoms with Crippen molar-refractivity contribution in [3.05, 3.63) is 96.5 Å². The molecule has 31 heavy (non-hydrogen) atoms. The number of benzene rings is 3. The molecule has 6 nitrogen and oxygen atoms in total. The Morgan fingerprint density at radius 1 is 0.968 bits per heavy atom. The van der Waals surface area contributed by atoms with Gasteiger partial charge < -0.3 is 10.4 Å². The summed E-state index contributed by atoms with van der Waals surface area (Å²) in [6.45, 7) is 0.740. The highest BCUT2D eigenvalue weighted by Gasteiger charge is 2.08. The van der Waals surface area contributed by atoms with E-state index in [4.69, 9.17) is 5.11 Å². The predicted octanol–water partition coefficient (Wildman–Crippen LogP) is 4.78. The number of hydrogen-bond acceptors (Lipinski definition) is 5. The minimum Gasteiger partial charge on any atom is -0.392 e. The molecule has 0 aliphatic carbocycles. The van der Waals surface area contributed by atoms with E-state index < -0.39 is 0 Å². The summed E-state index contributed by atoms with van der Waals surface area (Å²) in [6, 6.07) is 22.4. The van der Waals surface area contributed by atoms with Gasteiger partial charge in [-0.25, -0.2) is 9.97 Å².